The van der Waals surface area contributed by atoms with Crippen molar-refractivity contribution in [2.45, 2.75) is 44.5 Å². The number of ether oxygens (including phenoxy) is 2. The van der Waals surface area contributed by atoms with Gasteiger partial charge < -0.3 is 9.47 Å². The van der Waals surface area contributed by atoms with Crippen LogP contribution in [0, 0.1) is 18.8 Å². The van der Waals surface area contributed by atoms with Gasteiger partial charge in [0.15, 0.2) is 11.6 Å². The van der Waals surface area contributed by atoms with Crippen molar-refractivity contribution in [3.63, 3.8) is 0 Å². The topological polar surface area (TPSA) is 65.5 Å². The number of rotatable bonds is 4. The monoisotopic (exact) mass is 405 g/mol. The van der Waals surface area contributed by atoms with Gasteiger partial charge in [0.1, 0.15) is 16.7 Å². The van der Waals surface area contributed by atoms with Gasteiger partial charge in [-0.05, 0) is 44.0 Å². The number of nitrogens with zero attached hydrogens (tertiary/aromatic N) is 1. The SMILES string of the molecule is Cc1sc(-c2ccc(OC(F)F)cc2)nc1C1C(=O)[C@@H]2[C@H](C1=O)[C@H]1CC[C@@H]2O1. The second-order valence-corrected chi connectivity index (χ2v) is 8.65. The summed E-state index contributed by atoms with van der Waals surface area (Å²) in [5.74, 6) is -1.53. The predicted octanol–water partition coefficient (Wildman–Crippen LogP) is 3.75. The third-order valence-electron chi connectivity index (χ3n) is 5.93. The third kappa shape index (κ3) is 2.62. The van der Waals surface area contributed by atoms with Crippen LogP contribution in [0.25, 0.3) is 10.6 Å². The zero-order valence-electron chi connectivity index (χ0n) is 14.9. The van der Waals surface area contributed by atoms with Crippen LogP contribution in [0.4, 0.5) is 8.78 Å². The van der Waals surface area contributed by atoms with Gasteiger partial charge in [-0.1, -0.05) is 0 Å². The summed E-state index contributed by atoms with van der Waals surface area (Å²) in [6.07, 6.45) is 1.42. The summed E-state index contributed by atoms with van der Waals surface area (Å²) >= 11 is 1.39. The number of carbonyl (C=O) groups excluding carboxylic acids is 2. The van der Waals surface area contributed by atoms with Gasteiger partial charge in [0.25, 0.3) is 0 Å². The molecular weight excluding hydrogens is 388 g/mol. The van der Waals surface area contributed by atoms with Gasteiger partial charge in [-0.25, -0.2) is 4.98 Å². The maximum absolute atomic E-state index is 13.0. The number of hydrogen-bond acceptors (Lipinski definition) is 6. The summed E-state index contributed by atoms with van der Waals surface area (Å²) in [4.78, 5) is 31.4. The molecule has 28 heavy (non-hydrogen) atoms. The zero-order chi connectivity index (χ0) is 19.6. The molecule has 146 valence electrons. The Bertz CT molecular complexity index is 930. The molecule has 5 atom stereocenters. The number of ketones is 2. The molecule has 8 heteroatoms. The Balaban J connectivity index is 1.44. The molecule has 2 aromatic rings. The number of fused-ring (bicyclic) bond motifs is 5. The van der Waals surface area contributed by atoms with Gasteiger partial charge >= 0.3 is 6.61 Å². The maximum Gasteiger partial charge on any atom is 0.387 e. The lowest BCUT2D eigenvalue weighted by atomic mass is 9.81. The number of benzene rings is 1. The van der Waals surface area contributed by atoms with E-state index in [2.05, 4.69) is 9.72 Å². The van der Waals surface area contributed by atoms with Gasteiger partial charge in [0, 0.05) is 10.4 Å². The number of alkyl halides is 2. The molecule has 0 amide bonds. The summed E-state index contributed by atoms with van der Waals surface area (Å²) in [5, 5.41) is 0.646. The molecule has 3 aliphatic rings. The van der Waals surface area contributed by atoms with Crippen LogP contribution in [0.3, 0.4) is 0 Å². The number of thiazole rings is 1. The van der Waals surface area contributed by atoms with Crippen LogP contribution >= 0.6 is 11.3 Å². The first kappa shape index (κ1) is 17.9. The van der Waals surface area contributed by atoms with Gasteiger partial charge in [-0.15, -0.1) is 11.3 Å². The first-order chi connectivity index (χ1) is 13.4. The first-order valence-corrected chi connectivity index (χ1v) is 10.0. The van der Waals surface area contributed by atoms with Crippen LogP contribution in [-0.4, -0.2) is 35.4 Å². The number of aryl methyl sites for hydroxylation is 1. The minimum atomic E-state index is -2.88. The lowest BCUT2D eigenvalue weighted by molar-refractivity contribution is -0.127. The fraction of sp³-hybridized carbons (Fsp3) is 0.450. The second kappa shape index (κ2) is 6.42. The average Bonchev–Trinajstić information content (AvgIpc) is 3.40. The summed E-state index contributed by atoms with van der Waals surface area (Å²) in [6, 6.07) is 6.17. The zero-order valence-corrected chi connectivity index (χ0v) is 15.7. The number of Topliss-reactive ketones (excluding diaryl/α,β-unsaturated/α-hetero) is 2. The minimum Gasteiger partial charge on any atom is -0.435 e. The summed E-state index contributed by atoms with van der Waals surface area (Å²) in [7, 11) is 0. The van der Waals surface area contributed by atoms with Crippen molar-refractivity contribution in [2.75, 3.05) is 0 Å². The van der Waals surface area contributed by atoms with Gasteiger partial charge in [-0.3, -0.25) is 9.59 Å². The van der Waals surface area contributed by atoms with E-state index < -0.39 is 12.5 Å². The fourth-order valence-corrected chi connectivity index (χ4v) is 5.73. The number of aromatic nitrogens is 1. The molecule has 3 heterocycles. The highest BCUT2D eigenvalue weighted by atomic mass is 32.1. The van der Waals surface area contributed by atoms with Crippen molar-refractivity contribution in [3.05, 3.63) is 34.8 Å². The Kier molecular flexibility index (Phi) is 4.10. The minimum absolute atomic E-state index is 0.0664. The van der Waals surface area contributed by atoms with Crippen LogP contribution in [0.5, 0.6) is 5.75 Å². The Morgan fingerprint density at radius 2 is 1.71 bits per heavy atom. The molecule has 1 saturated carbocycles. The molecule has 1 aromatic heterocycles. The van der Waals surface area contributed by atoms with Crippen LogP contribution in [-0.2, 0) is 14.3 Å². The lowest BCUT2D eigenvalue weighted by Crippen LogP contribution is -2.29. The highest BCUT2D eigenvalue weighted by molar-refractivity contribution is 7.15. The largest absolute Gasteiger partial charge is 0.435 e. The van der Waals surface area contributed by atoms with Crippen molar-refractivity contribution in [3.8, 4) is 16.3 Å². The Morgan fingerprint density at radius 1 is 1.11 bits per heavy atom. The van der Waals surface area contributed by atoms with Crippen LogP contribution in [0.2, 0.25) is 0 Å². The molecule has 2 aliphatic heterocycles. The summed E-state index contributed by atoms with van der Waals surface area (Å²) in [6.45, 7) is -1.03. The van der Waals surface area contributed by atoms with Crippen LogP contribution in [0.15, 0.2) is 24.3 Å². The van der Waals surface area contributed by atoms with E-state index in [1.165, 1.54) is 23.5 Å². The number of halogens is 2. The second-order valence-electron chi connectivity index (χ2n) is 7.44. The lowest BCUT2D eigenvalue weighted by Gasteiger charge is -2.16. The number of hydrogen-bond donors (Lipinski definition) is 0. The normalized spacial score (nSPS) is 31.1. The molecule has 1 aliphatic carbocycles. The Hall–Kier alpha value is -2.19. The van der Waals surface area contributed by atoms with E-state index in [0.29, 0.717) is 10.7 Å². The summed E-state index contributed by atoms with van der Waals surface area (Å²) < 4.78 is 34.7. The molecule has 2 bridgehead atoms. The van der Waals surface area contributed by atoms with Crippen LogP contribution in [0.1, 0.15) is 29.3 Å². The molecular formula is C20H17F2NO4S. The average molecular weight is 405 g/mol. The van der Waals surface area contributed by atoms with Crippen molar-refractivity contribution < 1.29 is 27.8 Å². The van der Waals surface area contributed by atoms with Gasteiger partial charge in [-0.2, -0.15) is 8.78 Å². The van der Waals surface area contributed by atoms with Crippen molar-refractivity contribution in [1.29, 1.82) is 0 Å². The highest BCUT2D eigenvalue weighted by Gasteiger charge is 2.63. The van der Waals surface area contributed by atoms with Crippen LogP contribution < -0.4 is 4.74 Å². The standard InChI is InChI=1S/C20H17F2NO4S/c1-8-16(15-17(24)13-11-6-7-12(27-11)14(13)18(15)25)23-19(28-8)9-2-4-10(5-3-9)26-20(21)22/h2-5,11-15,20H,6-7H2,1H3/t11-,12+,13-,14+,15?. The molecule has 3 fully saturated rings. The summed E-state index contributed by atoms with van der Waals surface area (Å²) in [5.41, 5.74) is 1.25. The number of carbonyl (C=O) groups is 2. The predicted molar refractivity (Wildman–Crippen MR) is 96.5 cm³/mol. The molecule has 0 N–H and O–H groups in total. The van der Waals surface area contributed by atoms with E-state index in [-0.39, 0.29) is 41.4 Å². The van der Waals surface area contributed by atoms with Crippen molar-refractivity contribution >= 4 is 22.9 Å². The molecule has 5 nitrogen and oxygen atoms in total. The Labute approximate surface area is 163 Å². The van der Waals surface area contributed by atoms with E-state index in [4.69, 9.17) is 4.74 Å². The molecule has 1 unspecified atom stereocenters. The smallest absolute Gasteiger partial charge is 0.387 e. The molecule has 0 radical (unpaired) electrons. The third-order valence-corrected chi connectivity index (χ3v) is 6.97. The molecule has 0 spiro atoms. The Morgan fingerprint density at radius 3 is 2.29 bits per heavy atom. The van der Waals surface area contributed by atoms with E-state index in [0.717, 1.165) is 23.3 Å². The maximum atomic E-state index is 13.0. The van der Waals surface area contributed by atoms with Gasteiger partial charge in [0.05, 0.1) is 29.7 Å². The fourth-order valence-electron chi connectivity index (χ4n) is 4.77. The van der Waals surface area contributed by atoms with Crippen molar-refractivity contribution in [1.82, 2.24) is 4.98 Å². The van der Waals surface area contributed by atoms with Gasteiger partial charge in [0.2, 0.25) is 0 Å². The van der Waals surface area contributed by atoms with E-state index in [1.807, 2.05) is 6.92 Å². The first-order valence-electron chi connectivity index (χ1n) is 9.19. The quantitative estimate of drug-likeness (QED) is 0.725. The molecule has 5 rings (SSSR count). The molecule has 1 aromatic carbocycles. The molecule has 2 saturated heterocycles. The van der Waals surface area contributed by atoms with E-state index in [9.17, 15) is 18.4 Å². The van der Waals surface area contributed by atoms with E-state index >= 15 is 0 Å². The van der Waals surface area contributed by atoms with Crippen molar-refractivity contribution in [2.24, 2.45) is 11.8 Å². The highest BCUT2D eigenvalue weighted by Crippen LogP contribution is 2.52. The van der Waals surface area contributed by atoms with E-state index in [1.54, 1.807) is 12.1 Å².